The van der Waals surface area contributed by atoms with Crippen LogP contribution in [0, 0.1) is 0 Å². The molecule has 94 valence electrons. The maximum absolute atomic E-state index is 12.2. The van der Waals surface area contributed by atoms with Gasteiger partial charge in [0.25, 0.3) is 5.91 Å². The Bertz CT molecular complexity index is 548. The lowest BCUT2D eigenvalue weighted by Crippen LogP contribution is -2.17. The minimum absolute atomic E-state index is 0.0830. The molecule has 1 N–H and O–H groups in total. The fourth-order valence-electron chi connectivity index (χ4n) is 1.81. The summed E-state index contributed by atoms with van der Waals surface area (Å²) in [5.41, 5.74) is 1.47. The third kappa shape index (κ3) is 2.82. The molecule has 0 aliphatic carbocycles. The van der Waals surface area contributed by atoms with Gasteiger partial charge in [-0.3, -0.25) is 4.79 Å². The molecule has 1 aromatic carbocycles. The standard InChI is InChI=1S/C14H15BrN2O/c1-2-9-17-10-5-8-13(17)14(18)16-12-7-4-3-6-11(12)15/h3-8,10H,2,9H2,1H3,(H,16,18). The number of amides is 1. The summed E-state index contributed by atoms with van der Waals surface area (Å²) in [6.45, 7) is 2.95. The van der Waals surface area contributed by atoms with Crippen LogP contribution in [0.2, 0.25) is 0 Å². The van der Waals surface area contributed by atoms with E-state index in [4.69, 9.17) is 0 Å². The third-order valence-electron chi connectivity index (χ3n) is 2.65. The molecule has 0 bridgehead atoms. The average molecular weight is 307 g/mol. The lowest BCUT2D eigenvalue weighted by atomic mass is 10.3. The van der Waals surface area contributed by atoms with E-state index in [9.17, 15) is 4.79 Å². The van der Waals surface area contributed by atoms with Crippen molar-refractivity contribution in [3.05, 3.63) is 52.8 Å². The molecular weight excluding hydrogens is 292 g/mol. The first-order chi connectivity index (χ1) is 8.72. The van der Waals surface area contributed by atoms with Crippen molar-refractivity contribution < 1.29 is 4.79 Å². The van der Waals surface area contributed by atoms with Crippen LogP contribution in [-0.4, -0.2) is 10.5 Å². The highest BCUT2D eigenvalue weighted by molar-refractivity contribution is 9.10. The Labute approximate surface area is 115 Å². The molecule has 3 nitrogen and oxygen atoms in total. The van der Waals surface area contributed by atoms with Crippen molar-refractivity contribution in [1.29, 1.82) is 0 Å². The summed E-state index contributed by atoms with van der Waals surface area (Å²) in [5, 5.41) is 2.90. The van der Waals surface area contributed by atoms with E-state index in [2.05, 4.69) is 28.2 Å². The third-order valence-corrected chi connectivity index (χ3v) is 3.34. The second-order valence-electron chi connectivity index (χ2n) is 4.02. The van der Waals surface area contributed by atoms with Gasteiger partial charge in [-0.05, 0) is 46.6 Å². The fraction of sp³-hybridized carbons (Fsp3) is 0.214. The number of carbonyl (C=O) groups excluding carboxylic acids is 1. The number of rotatable bonds is 4. The van der Waals surface area contributed by atoms with Crippen molar-refractivity contribution >= 4 is 27.5 Å². The highest BCUT2D eigenvalue weighted by atomic mass is 79.9. The Balaban J connectivity index is 2.17. The second-order valence-corrected chi connectivity index (χ2v) is 4.88. The molecule has 0 spiro atoms. The number of nitrogens with zero attached hydrogens (tertiary/aromatic N) is 1. The molecule has 0 radical (unpaired) electrons. The molecule has 2 aromatic rings. The molecule has 0 aliphatic heterocycles. The van der Waals surface area contributed by atoms with E-state index in [1.165, 1.54) is 0 Å². The maximum Gasteiger partial charge on any atom is 0.272 e. The number of halogens is 1. The van der Waals surface area contributed by atoms with Crippen LogP contribution in [0.4, 0.5) is 5.69 Å². The minimum atomic E-state index is -0.0830. The van der Waals surface area contributed by atoms with E-state index >= 15 is 0 Å². The van der Waals surface area contributed by atoms with Crippen LogP contribution in [-0.2, 0) is 6.54 Å². The van der Waals surface area contributed by atoms with Gasteiger partial charge >= 0.3 is 0 Å². The summed E-state index contributed by atoms with van der Waals surface area (Å²) in [6.07, 6.45) is 2.93. The number of aryl methyl sites for hydroxylation is 1. The van der Waals surface area contributed by atoms with E-state index in [1.807, 2.05) is 47.2 Å². The summed E-state index contributed by atoms with van der Waals surface area (Å²) < 4.78 is 2.85. The van der Waals surface area contributed by atoms with Crippen LogP contribution < -0.4 is 5.32 Å². The number of anilines is 1. The van der Waals surface area contributed by atoms with Crippen molar-refractivity contribution in [2.75, 3.05) is 5.32 Å². The second kappa shape index (κ2) is 5.87. The summed E-state index contributed by atoms with van der Waals surface area (Å²) in [4.78, 5) is 12.2. The van der Waals surface area contributed by atoms with Crippen LogP contribution in [0.3, 0.4) is 0 Å². The van der Waals surface area contributed by atoms with Crippen LogP contribution >= 0.6 is 15.9 Å². The Kier molecular flexibility index (Phi) is 4.20. The monoisotopic (exact) mass is 306 g/mol. The summed E-state index contributed by atoms with van der Waals surface area (Å²) in [5.74, 6) is -0.0830. The highest BCUT2D eigenvalue weighted by Gasteiger charge is 2.11. The maximum atomic E-state index is 12.2. The summed E-state index contributed by atoms with van der Waals surface area (Å²) in [7, 11) is 0. The van der Waals surface area contributed by atoms with Crippen molar-refractivity contribution in [1.82, 2.24) is 4.57 Å². The van der Waals surface area contributed by atoms with Gasteiger partial charge < -0.3 is 9.88 Å². The molecule has 0 fully saturated rings. The number of nitrogens with one attached hydrogen (secondary N) is 1. The van der Waals surface area contributed by atoms with Crippen LogP contribution in [0.1, 0.15) is 23.8 Å². The van der Waals surface area contributed by atoms with Crippen molar-refractivity contribution in [3.8, 4) is 0 Å². The molecule has 1 amide bonds. The first-order valence-electron chi connectivity index (χ1n) is 5.93. The predicted molar refractivity (Wildman–Crippen MR) is 76.8 cm³/mol. The number of carbonyl (C=O) groups is 1. The first-order valence-corrected chi connectivity index (χ1v) is 6.72. The van der Waals surface area contributed by atoms with E-state index in [0.717, 1.165) is 23.1 Å². The number of hydrogen-bond donors (Lipinski definition) is 1. The van der Waals surface area contributed by atoms with Crippen molar-refractivity contribution in [3.63, 3.8) is 0 Å². The minimum Gasteiger partial charge on any atom is -0.344 e. The molecular formula is C14H15BrN2O. The largest absolute Gasteiger partial charge is 0.344 e. The topological polar surface area (TPSA) is 34.0 Å². The van der Waals surface area contributed by atoms with Crippen molar-refractivity contribution in [2.24, 2.45) is 0 Å². The van der Waals surface area contributed by atoms with Gasteiger partial charge in [-0.15, -0.1) is 0 Å². The Morgan fingerprint density at radius 2 is 2.06 bits per heavy atom. The van der Waals surface area contributed by atoms with Crippen LogP contribution in [0.25, 0.3) is 0 Å². The van der Waals surface area contributed by atoms with Crippen LogP contribution in [0.15, 0.2) is 47.1 Å². The van der Waals surface area contributed by atoms with Gasteiger partial charge in [-0.1, -0.05) is 19.1 Å². The molecule has 1 heterocycles. The van der Waals surface area contributed by atoms with Gasteiger partial charge in [0, 0.05) is 17.2 Å². The molecule has 18 heavy (non-hydrogen) atoms. The van der Waals surface area contributed by atoms with Gasteiger partial charge in [0.2, 0.25) is 0 Å². The molecule has 2 rings (SSSR count). The zero-order valence-electron chi connectivity index (χ0n) is 10.2. The van der Waals surface area contributed by atoms with E-state index < -0.39 is 0 Å². The molecule has 1 aromatic heterocycles. The van der Waals surface area contributed by atoms with E-state index in [0.29, 0.717) is 5.69 Å². The molecule has 0 atom stereocenters. The SMILES string of the molecule is CCCn1cccc1C(=O)Nc1ccccc1Br. The molecule has 0 unspecified atom stereocenters. The molecule has 0 saturated carbocycles. The summed E-state index contributed by atoms with van der Waals surface area (Å²) in [6, 6.07) is 11.3. The van der Waals surface area contributed by atoms with Gasteiger partial charge in [0.05, 0.1) is 5.69 Å². The zero-order chi connectivity index (χ0) is 13.0. The fourth-order valence-corrected chi connectivity index (χ4v) is 2.19. The average Bonchev–Trinajstić information content (AvgIpc) is 2.81. The molecule has 0 aliphatic rings. The van der Waals surface area contributed by atoms with Crippen LogP contribution in [0.5, 0.6) is 0 Å². The number of para-hydroxylation sites is 1. The number of benzene rings is 1. The first kappa shape index (κ1) is 12.9. The molecule has 0 saturated heterocycles. The number of aromatic nitrogens is 1. The quantitative estimate of drug-likeness (QED) is 0.913. The Morgan fingerprint density at radius 1 is 1.28 bits per heavy atom. The Morgan fingerprint density at radius 3 is 2.78 bits per heavy atom. The normalized spacial score (nSPS) is 10.3. The van der Waals surface area contributed by atoms with Gasteiger partial charge in [-0.25, -0.2) is 0 Å². The van der Waals surface area contributed by atoms with Gasteiger partial charge in [0.1, 0.15) is 5.69 Å². The molecule has 4 heteroatoms. The predicted octanol–water partition coefficient (Wildman–Crippen LogP) is 3.91. The van der Waals surface area contributed by atoms with Gasteiger partial charge in [0.15, 0.2) is 0 Å². The van der Waals surface area contributed by atoms with E-state index in [1.54, 1.807) is 0 Å². The summed E-state index contributed by atoms with van der Waals surface area (Å²) >= 11 is 3.42. The Hall–Kier alpha value is -1.55. The lowest BCUT2D eigenvalue weighted by molar-refractivity contribution is 0.101. The highest BCUT2D eigenvalue weighted by Crippen LogP contribution is 2.21. The van der Waals surface area contributed by atoms with Crippen molar-refractivity contribution in [2.45, 2.75) is 19.9 Å². The number of hydrogen-bond acceptors (Lipinski definition) is 1. The zero-order valence-corrected chi connectivity index (χ0v) is 11.8. The lowest BCUT2D eigenvalue weighted by Gasteiger charge is -2.09. The smallest absolute Gasteiger partial charge is 0.272 e. The van der Waals surface area contributed by atoms with E-state index in [-0.39, 0.29) is 5.91 Å². The van der Waals surface area contributed by atoms with Gasteiger partial charge in [-0.2, -0.15) is 0 Å².